The minimum absolute atomic E-state index is 0.114. The molecule has 0 aromatic heterocycles. The van der Waals surface area contributed by atoms with Gasteiger partial charge in [-0.25, -0.2) is 0 Å². The van der Waals surface area contributed by atoms with E-state index in [-0.39, 0.29) is 12.6 Å². The molecule has 1 aliphatic rings. The van der Waals surface area contributed by atoms with Gasteiger partial charge in [-0.3, -0.25) is 9.69 Å². The normalized spacial score (nSPS) is 18.8. The quantitative estimate of drug-likeness (QED) is 0.717. The van der Waals surface area contributed by atoms with Gasteiger partial charge in [0, 0.05) is 12.6 Å². The maximum absolute atomic E-state index is 12.2. The molecule has 0 radical (unpaired) electrons. The number of alkyl halides is 3. The minimum Gasteiger partial charge on any atom is -0.480 e. The van der Waals surface area contributed by atoms with E-state index in [1.54, 1.807) is 0 Å². The number of carbonyl (C=O) groups is 1. The molecule has 0 saturated heterocycles. The molecule has 2 N–H and O–H groups in total. The van der Waals surface area contributed by atoms with Crippen molar-refractivity contribution >= 4 is 5.97 Å². The van der Waals surface area contributed by atoms with E-state index in [1.165, 1.54) is 11.9 Å². The van der Waals surface area contributed by atoms with Crippen LogP contribution in [-0.4, -0.2) is 54.4 Å². The van der Waals surface area contributed by atoms with Crippen LogP contribution in [0.2, 0.25) is 0 Å². The number of halogens is 3. The van der Waals surface area contributed by atoms with Crippen LogP contribution in [0.3, 0.4) is 0 Å². The Morgan fingerprint density at radius 1 is 1.56 bits per heavy atom. The molecule has 1 unspecified atom stereocenters. The van der Waals surface area contributed by atoms with Crippen LogP contribution in [0.15, 0.2) is 0 Å². The maximum atomic E-state index is 12.2. The second kappa shape index (κ2) is 5.01. The molecule has 1 fully saturated rings. The number of nitrogens with one attached hydrogen (secondary N) is 1. The third-order valence-corrected chi connectivity index (χ3v) is 2.51. The first-order valence-corrected chi connectivity index (χ1v) is 5.04. The third kappa shape index (κ3) is 4.36. The van der Waals surface area contributed by atoms with Gasteiger partial charge in [0.2, 0.25) is 0 Å². The second-order valence-corrected chi connectivity index (χ2v) is 3.96. The molecular weight excluding hydrogens is 225 g/mol. The number of rotatable bonds is 6. The molecule has 0 aliphatic heterocycles. The van der Waals surface area contributed by atoms with Gasteiger partial charge in [-0.05, 0) is 19.9 Å². The van der Waals surface area contributed by atoms with Crippen LogP contribution in [0.5, 0.6) is 0 Å². The second-order valence-electron chi connectivity index (χ2n) is 3.96. The number of nitrogens with zero attached hydrogens (tertiary/aromatic N) is 1. The summed E-state index contributed by atoms with van der Waals surface area (Å²) in [6.07, 6.45) is -2.85. The summed E-state index contributed by atoms with van der Waals surface area (Å²) in [6.45, 7) is -1.15. The van der Waals surface area contributed by atoms with Gasteiger partial charge in [0.25, 0.3) is 0 Å². The third-order valence-electron chi connectivity index (χ3n) is 2.51. The van der Waals surface area contributed by atoms with Crippen molar-refractivity contribution in [2.75, 3.05) is 20.1 Å². The minimum atomic E-state index is -4.28. The summed E-state index contributed by atoms with van der Waals surface area (Å²) in [5.41, 5.74) is 0. The predicted molar refractivity (Wildman–Crippen MR) is 51.1 cm³/mol. The van der Waals surface area contributed by atoms with Crippen molar-refractivity contribution in [1.82, 2.24) is 10.2 Å². The molecule has 4 nitrogen and oxygen atoms in total. The smallest absolute Gasteiger partial charge is 0.401 e. The topological polar surface area (TPSA) is 52.6 Å². The van der Waals surface area contributed by atoms with Gasteiger partial charge in [-0.2, -0.15) is 13.2 Å². The molecule has 94 valence electrons. The number of aliphatic carboxylic acids is 1. The monoisotopic (exact) mass is 240 g/mol. The van der Waals surface area contributed by atoms with Crippen LogP contribution in [-0.2, 0) is 4.79 Å². The van der Waals surface area contributed by atoms with Crippen LogP contribution in [0.25, 0.3) is 0 Å². The van der Waals surface area contributed by atoms with Crippen molar-refractivity contribution < 1.29 is 23.1 Å². The van der Waals surface area contributed by atoms with E-state index < -0.39 is 24.7 Å². The van der Waals surface area contributed by atoms with Crippen molar-refractivity contribution in [2.45, 2.75) is 31.1 Å². The number of hydrogen-bond acceptors (Lipinski definition) is 3. The van der Waals surface area contributed by atoms with Gasteiger partial charge in [-0.1, -0.05) is 0 Å². The van der Waals surface area contributed by atoms with Gasteiger partial charge >= 0.3 is 12.1 Å². The molecule has 0 aromatic rings. The Labute approximate surface area is 91.4 Å². The summed E-state index contributed by atoms with van der Waals surface area (Å²) < 4.78 is 36.7. The largest absolute Gasteiger partial charge is 0.480 e. The van der Waals surface area contributed by atoms with Gasteiger partial charge in [0.05, 0.1) is 6.54 Å². The summed E-state index contributed by atoms with van der Waals surface area (Å²) in [4.78, 5) is 11.9. The molecular formula is C9H15F3N2O2. The lowest BCUT2D eigenvalue weighted by Gasteiger charge is -2.26. The lowest BCUT2D eigenvalue weighted by atomic mass is 10.2. The first-order chi connectivity index (χ1) is 7.33. The molecule has 0 heterocycles. The van der Waals surface area contributed by atoms with E-state index >= 15 is 0 Å². The highest BCUT2D eigenvalue weighted by molar-refractivity contribution is 5.73. The summed E-state index contributed by atoms with van der Waals surface area (Å²) in [5.74, 6) is -1.13. The number of hydrogen-bond donors (Lipinski definition) is 2. The van der Waals surface area contributed by atoms with E-state index in [4.69, 9.17) is 5.11 Å². The Morgan fingerprint density at radius 3 is 2.44 bits per heavy atom. The predicted octanol–water partition coefficient (Wildman–Crippen LogP) is 0.686. The van der Waals surface area contributed by atoms with Crippen molar-refractivity contribution in [3.8, 4) is 0 Å². The fraction of sp³-hybridized carbons (Fsp3) is 0.889. The fourth-order valence-corrected chi connectivity index (χ4v) is 1.54. The van der Waals surface area contributed by atoms with Crippen molar-refractivity contribution in [2.24, 2.45) is 0 Å². The Balaban J connectivity index is 2.53. The highest BCUT2D eigenvalue weighted by Crippen LogP contribution is 2.30. The number of likely N-dealkylation sites (N-methyl/N-ethyl adjacent to an activating group) is 1. The van der Waals surface area contributed by atoms with Crippen LogP contribution >= 0.6 is 0 Å². The van der Waals surface area contributed by atoms with E-state index in [2.05, 4.69) is 5.32 Å². The standard InChI is InChI=1S/C9H15F3N2O2/c1-13-7(8(15)16)4-14(6-2-3-6)5-9(10,11)12/h6-7,13H,2-5H2,1H3,(H,15,16). The molecule has 1 rings (SSSR count). The van der Waals surface area contributed by atoms with Gasteiger partial charge in [0.15, 0.2) is 0 Å². The van der Waals surface area contributed by atoms with E-state index in [1.807, 2.05) is 0 Å². The lowest BCUT2D eigenvalue weighted by molar-refractivity contribution is -0.152. The summed E-state index contributed by atoms with van der Waals surface area (Å²) in [6, 6.07) is -1.07. The fourth-order valence-electron chi connectivity index (χ4n) is 1.54. The highest BCUT2D eigenvalue weighted by Gasteiger charge is 2.39. The average molecular weight is 240 g/mol. The van der Waals surface area contributed by atoms with Gasteiger partial charge in [0.1, 0.15) is 6.04 Å². The van der Waals surface area contributed by atoms with Crippen molar-refractivity contribution in [3.05, 3.63) is 0 Å². The molecule has 1 aliphatic carbocycles. The lowest BCUT2D eigenvalue weighted by Crippen LogP contribution is -2.48. The SMILES string of the molecule is CNC(CN(CC(F)(F)F)C1CC1)C(=O)O. The van der Waals surface area contributed by atoms with Crippen LogP contribution in [0.4, 0.5) is 13.2 Å². The number of carboxylic acid groups (broad SMARTS) is 1. The van der Waals surface area contributed by atoms with E-state index in [0.29, 0.717) is 12.8 Å². The van der Waals surface area contributed by atoms with Gasteiger partial charge < -0.3 is 10.4 Å². The van der Waals surface area contributed by atoms with Crippen LogP contribution in [0, 0.1) is 0 Å². The highest BCUT2D eigenvalue weighted by atomic mass is 19.4. The Bertz CT molecular complexity index is 254. The first kappa shape index (κ1) is 13.2. The first-order valence-electron chi connectivity index (χ1n) is 5.04. The van der Waals surface area contributed by atoms with Crippen molar-refractivity contribution in [3.63, 3.8) is 0 Å². The summed E-state index contributed by atoms with van der Waals surface area (Å²) >= 11 is 0. The maximum Gasteiger partial charge on any atom is 0.401 e. The number of carboxylic acids is 1. The summed E-state index contributed by atoms with van der Waals surface area (Å²) in [7, 11) is 1.43. The Hall–Kier alpha value is -0.820. The summed E-state index contributed by atoms with van der Waals surface area (Å²) in [5, 5.41) is 11.2. The van der Waals surface area contributed by atoms with Crippen LogP contribution in [0.1, 0.15) is 12.8 Å². The zero-order valence-corrected chi connectivity index (χ0v) is 8.92. The molecule has 0 amide bonds. The zero-order valence-electron chi connectivity index (χ0n) is 8.92. The molecule has 16 heavy (non-hydrogen) atoms. The van der Waals surface area contributed by atoms with Crippen LogP contribution < -0.4 is 5.32 Å². The Morgan fingerprint density at radius 2 is 2.12 bits per heavy atom. The Kier molecular flexibility index (Phi) is 4.15. The molecule has 1 saturated carbocycles. The van der Waals surface area contributed by atoms with Gasteiger partial charge in [-0.15, -0.1) is 0 Å². The van der Waals surface area contributed by atoms with Crippen molar-refractivity contribution in [1.29, 1.82) is 0 Å². The molecule has 1 atom stereocenters. The molecule has 0 aromatic carbocycles. The molecule has 7 heteroatoms. The molecule has 0 spiro atoms. The van der Waals surface area contributed by atoms with E-state index in [0.717, 1.165) is 0 Å². The average Bonchev–Trinajstić information content (AvgIpc) is 2.92. The zero-order chi connectivity index (χ0) is 12.3. The van der Waals surface area contributed by atoms with E-state index in [9.17, 15) is 18.0 Å². The molecule has 0 bridgehead atoms.